The molecule has 2 aromatic carbocycles. The van der Waals surface area contributed by atoms with Crippen molar-refractivity contribution >= 4 is 44.8 Å². The molecule has 3 rings (SSSR count). The number of carbonyl (C=O) groups is 2. The standard InChI is InChI=1S/C24H25BrN2O4/c1-5-15-26(22(28)30-16-17-11-7-6-8-12-17)21-20(25)18-13-9-10-14-19(18)27(21)23(29)31-24(2,3)4/h5-14H,1,15-16H2,2-4H3. The quantitative estimate of drug-likeness (QED) is 0.386. The summed E-state index contributed by atoms with van der Waals surface area (Å²) < 4.78 is 13.1. The van der Waals surface area contributed by atoms with Gasteiger partial charge in [0.2, 0.25) is 0 Å². The number of hydrogen-bond donors (Lipinski definition) is 0. The number of carbonyl (C=O) groups excluding carboxylic acids is 2. The summed E-state index contributed by atoms with van der Waals surface area (Å²) in [6.45, 7) is 9.38. The minimum absolute atomic E-state index is 0.109. The highest BCUT2D eigenvalue weighted by Crippen LogP contribution is 2.38. The summed E-state index contributed by atoms with van der Waals surface area (Å²) in [5.41, 5.74) is 0.772. The number of nitrogens with zero attached hydrogens (tertiary/aromatic N) is 2. The SMILES string of the molecule is C=CCN(C(=O)OCc1ccccc1)c1c(Br)c2ccccc2n1C(=O)OC(C)(C)C. The number of anilines is 1. The van der Waals surface area contributed by atoms with Crippen molar-refractivity contribution in [1.82, 2.24) is 4.57 Å². The third-order valence-electron chi connectivity index (χ3n) is 4.36. The van der Waals surface area contributed by atoms with E-state index in [0.717, 1.165) is 10.9 Å². The van der Waals surface area contributed by atoms with Crippen LogP contribution in [0, 0.1) is 0 Å². The molecule has 0 atom stereocenters. The first kappa shape index (κ1) is 22.6. The predicted octanol–water partition coefficient (Wildman–Crippen LogP) is 6.52. The van der Waals surface area contributed by atoms with Crippen LogP contribution in [0.2, 0.25) is 0 Å². The van der Waals surface area contributed by atoms with E-state index in [1.165, 1.54) is 9.47 Å². The van der Waals surface area contributed by atoms with Gasteiger partial charge < -0.3 is 9.47 Å². The van der Waals surface area contributed by atoms with E-state index in [4.69, 9.17) is 9.47 Å². The average Bonchev–Trinajstić information content (AvgIpc) is 3.02. The van der Waals surface area contributed by atoms with Crippen molar-refractivity contribution in [3.63, 3.8) is 0 Å². The fraction of sp³-hybridized carbons (Fsp3) is 0.250. The lowest BCUT2D eigenvalue weighted by atomic mass is 10.2. The van der Waals surface area contributed by atoms with Crippen LogP contribution >= 0.6 is 15.9 Å². The topological polar surface area (TPSA) is 60.8 Å². The van der Waals surface area contributed by atoms with Gasteiger partial charge in [-0.15, -0.1) is 6.58 Å². The summed E-state index contributed by atoms with van der Waals surface area (Å²) in [5, 5.41) is 0.772. The summed E-state index contributed by atoms with van der Waals surface area (Å²) in [4.78, 5) is 27.6. The molecule has 0 fully saturated rings. The second-order valence-corrected chi connectivity index (χ2v) is 8.70. The van der Waals surface area contributed by atoms with Crippen molar-refractivity contribution in [3.05, 3.63) is 77.3 Å². The third kappa shape index (κ3) is 5.17. The van der Waals surface area contributed by atoms with E-state index < -0.39 is 17.8 Å². The van der Waals surface area contributed by atoms with Crippen molar-refractivity contribution in [2.75, 3.05) is 11.4 Å². The zero-order chi connectivity index (χ0) is 22.6. The molecule has 1 amide bonds. The molecular weight excluding hydrogens is 460 g/mol. The number of para-hydroxylation sites is 1. The van der Waals surface area contributed by atoms with E-state index >= 15 is 0 Å². The van der Waals surface area contributed by atoms with E-state index in [1.807, 2.05) is 48.5 Å². The third-order valence-corrected chi connectivity index (χ3v) is 5.14. The van der Waals surface area contributed by atoms with Gasteiger partial charge in [0.1, 0.15) is 18.0 Å². The zero-order valence-electron chi connectivity index (χ0n) is 17.8. The van der Waals surface area contributed by atoms with Gasteiger partial charge in [0, 0.05) is 11.9 Å². The number of benzene rings is 2. The van der Waals surface area contributed by atoms with E-state index in [1.54, 1.807) is 32.9 Å². The molecule has 162 valence electrons. The summed E-state index contributed by atoms with van der Waals surface area (Å²) in [6.07, 6.45) is 0.388. The maximum Gasteiger partial charge on any atom is 0.420 e. The van der Waals surface area contributed by atoms with Crippen molar-refractivity contribution in [3.8, 4) is 0 Å². The van der Waals surface area contributed by atoms with Crippen LogP contribution in [0.1, 0.15) is 26.3 Å². The minimum Gasteiger partial charge on any atom is -0.444 e. The second-order valence-electron chi connectivity index (χ2n) is 7.91. The van der Waals surface area contributed by atoms with Crippen LogP contribution in [0.5, 0.6) is 0 Å². The average molecular weight is 485 g/mol. The number of rotatable bonds is 5. The Morgan fingerprint density at radius 3 is 2.39 bits per heavy atom. The number of halogens is 1. The highest BCUT2D eigenvalue weighted by Gasteiger charge is 2.30. The first-order chi connectivity index (χ1) is 14.7. The van der Waals surface area contributed by atoms with Gasteiger partial charge in [0.05, 0.1) is 9.99 Å². The smallest absolute Gasteiger partial charge is 0.420 e. The molecule has 0 aliphatic carbocycles. The number of amides is 1. The summed E-state index contributed by atoms with van der Waals surface area (Å²) in [6, 6.07) is 16.7. The Labute approximate surface area is 190 Å². The molecule has 0 N–H and O–H groups in total. The first-order valence-electron chi connectivity index (χ1n) is 9.84. The van der Waals surface area contributed by atoms with Crippen LogP contribution in [-0.2, 0) is 16.1 Å². The Kier molecular flexibility index (Phi) is 6.85. The van der Waals surface area contributed by atoms with Crippen molar-refractivity contribution in [2.24, 2.45) is 0 Å². The maximum atomic E-state index is 13.1. The highest BCUT2D eigenvalue weighted by molar-refractivity contribution is 9.10. The second kappa shape index (κ2) is 9.39. The fourth-order valence-corrected chi connectivity index (χ4v) is 3.82. The highest BCUT2D eigenvalue weighted by atomic mass is 79.9. The summed E-state index contributed by atoms with van der Waals surface area (Å²) in [7, 11) is 0. The van der Waals surface area contributed by atoms with Crippen LogP contribution in [0.3, 0.4) is 0 Å². The van der Waals surface area contributed by atoms with Crippen molar-refractivity contribution in [1.29, 1.82) is 0 Å². The van der Waals surface area contributed by atoms with E-state index in [-0.39, 0.29) is 13.2 Å². The first-order valence-corrected chi connectivity index (χ1v) is 10.6. The lowest BCUT2D eigenvalue weighted by Crippen LogP contribution is -2.36. The summed E-state index contributed by atoms with van der Waals surface area (Å²) in [5.74, 6) is 0.327. The van der Waals surface area contributed by atoms with Crippen molar-refractivity contribution in [2.45, 2.75) is 33.0 Å². The maximum absolute atomic E-state index is 13.1. The fourth-order valence-electron chi connectivity index (χ4n) is 3.09. The molecule has 0 aliphatic rings. The molecule has 31 heavy (non-hydrogen) atoms. The van der Waals surface area contributed by atoms with Gasteiger partial charge >= 0.3 is 12.2 Å². The van der Waals surface area contributed by atoms with Gasteiger partial charge in [-0.25, -0.2) is 14.2 Å². The number of fused-ring (bicyclic) bond motifs is 1. The van der Waals surface area contributed by atoms with E-state index in [0.29, 0.717) is 15.8 Å². The Bertz CT molecular complexity index is 1100. The molecule has 0 unspecified atom stereocenters. The van der Waals surface area contributed by atoms with Crippen LogP contribution in [-0.4, -0.2) is 28.9 Å². The van der Waals surface area contributed by atoms with Crippen molar-refractivity contribution < 1.29 is 19.1 Å². The number of hydrogen-bond acceptors (Lipinski definition) is 4. The van der Waals surface area contributed by atoms with Gasteiger partial charge in [-0.2, -0.15) is 0 Å². The van der Waals surface area contributed by atoms with Gasteiger partial charge in [-0.05, 0) is 48.3 Å². The van der Waals surface area contributed by atoms with Gasteiger partial charge in [0.25, 0.3) is 0 Å². The molecule has 1 aromatic heterocycles. The summed E-state index contributed by atoms with van der Waals surface area (Å²) >= 11 is 3.57. The normalized spacial score (nSPS) is 11.2. The molecule has 0 bridgehead atoms. The predicted molar refractivity (Wildman–Crippen MR) is 125 cm³/mol. The Morgan fingerprint density at radius 2 is 1.74 bits per heavy atom. The molecule has 0 spiro atoms. The molecule has 1 heterocycles. The zero-order valence-corrected chi connectivity index (χ0v) is 19.4. The van der Waals surface area contributed by atoms with Gasteiger partial charge in [-0.1, -0.05) is 54.6 Å². The van der Waals surface area contributed by atoms with Gasteiger partial charge in [-0.3, -0.25) is 4.90 Å². The molecule has 0 saturated heterocycles. The van der Waals surface area contributed by atoms with Gasteiger partial charge in [0.15, 0.2) is 0 Å². The van der Waals surface area contributed by atoms with Crippen LogP contribution in [0.15, 0.2) is 71.7 Å². The van der Waals surface area contributed by atoms with Crippen LogP contribution in [0.4, 0.5) is 15.4 Å². The van der Waals surface area contributed by atoms with E-state index in [2.05, 4.69) is 22.5 Å². The monoisotopic (exact) mass is 484 g/mol. The molecule has 0 aliphatic heterocycles. The van der Waals surface area contributed by atoms with Crippen LogP contribution < -0.4 is 4.90 Å². The Hall–Kier alpha value is -3.06. The molecule has 7 heteroatoms. The molecular formula is C24H25BrN2O4. The molecule has 0 saturated carbocycles. The lowest BCUT2D eigenvalue weighted by molar-refractivity contribution is 0.0546. The minimum atomic E-state index is -0.705. The lowest BCUT2D eigenvalue weighted by Gasteiger charge is -2.25. The molecule has 3 aromatic rings. The largest absolute Gasteiger partial charge is 0.444 e. The number of ether oxygens (including phenoxy) is 2. The Morgan fingerprint density at radius 1 is 1.10 bits per heavy atom. The van der Waals surface area contributed by atoms with E-state index in [9.17, 15) is 9.59 Å². The van der Waals surface area contributed by atoms with Crippen LogP contribution in [0.25, 0.3) is 10.9 Å². The molecule has 0 radical (unpaired) electrons. The Balaban J connectivity index is 2.05. The molecule has 6 nitrogen and oxygen atoms in total. The number of aromatic nitrogens is 1.